The molecule has 1 saturated heterocycles. The Morgan fingerprint density at radius 1 is 1.00 bits per heavy atom. The summed E-state index contributed by atoms with van der Waals surface area (Å²) in [6.07, 6.45) is 0. The first-order valence-corrected chi connectivity index (χ1v) is 8.35. The lowest BCUT2D eigenvalue weighted by Gasteiger charge is -2.29. The Balaban J connectivity index is 0.00000176. The van der Waals surface area contributed by atoms with E-state index in [0.717, 1.165) is 26.2 Å². The third-order valence-corrected chi connectivity index (χ3v) is 5.03. The summed E-state index contributed by atoms with van der Waals surface area (Å²) in [7, 11) is 0. The Hall–Kier alpha value is -0.970. The van der Waals surface area contributed by atoms with Crippen LogP contribution in [0.15, 0.2) is 52.3 Å². The standard InChI is InChI=1S/C18H22N2S.BrH/c1-14-6-7-18(15(2)12-14)21-17-5-3-4-16(13-17)20-10-8-19-9-11-20;/h3-7,12-13,19H,8-11H2,1-2H3;1H. The zero-order chi connectivity index (χ0) is 14.7. The molecule has 1 fully saturated rings. The summed E-state index contributed by atoms with van der Waals surface area (Å²) < 4.78 is 0. The number of anilines is 1. The van der Waals surface area contributed by atoms with Crippen molar-refractivity contribution < 1.29 is 0 Å². The topological polar surface area (TPSA) is 15.3 Å². The Morgan fingerprint density at radius 3 is 2.50 bits per heavy atom. The molecule has 2 nitrogen and oxygen atoms in total. The van der Waals surface area contributed by atoms with E-state index < -0.39 is 0 Å². The molecule has 0 aliphatic carbocycles. The lowest BCUT2D eigenvalue weighted by molar-refractivity contribution is 0.589. The zero-order valence-corrected chi connectivity index (χ0v) is 15.7. The van der Waals surface area contributed by atoms with Gasteiger partial charge in [0.1, 0.15) is 0 Å². The monoisotopic (exact) mass is 378 g/mol. The van der Waals surface area contributed by atoms with Gasteiger partial charge in [-0.25, -0.2) is 0 Å². The first kappa shape index (κ1) is 17.4. The van der Waals surface area contributed by atoms with Crippen LogP contribution in [-0.4, -0.2) is 26.2 Å². The maximum absolute atomic E-state index is 3.40. The number of hydrogen-bond acceptors (Lipinski definition) is 3. The van der Waals surface area contributed by atoms with Gasteiger partial charge in [0, 0.05) is 41.7 Å². The van der Waals surface area contributed by atoms with Gasteiger partial charge in [-0.05, 0) is 43.7 Å². The number of halogens is 1. The van der Waals surface area contributed by atoms with Crippen LogP contribution in [0.3, 0.4) is 0 Å². The Morgan fingerprint density at radius 2 is 1.77 bits per heavy atom. The fraction of sp³-hybridized carbons (Fsp3) is 0.333. The van der Waals surface area contributed by atoms with E-state index in [9.17, 15) is 0 Å². The molecular weight excluding hydrogens is 356 g/mol. The number of piperazine rings is 1. The predicted molar refractivity (Wildman–Crippen MR) is 102 cm³/mol. The number of benzene rings is 2. The van der Waals surface area contributed by atoms with Crippen LogP contribution in [0.5, 0.6) is 0 Å². The van der Waals surface area contributed by atoms with E-state index in [1.165, 1.54) is 26.6 Å². The summed E-state index contributed by atoms with van der Waals surface area (Å²) in [5.74, 6) is 0. The van der Waals surface area contributed by atoms with Gasteiger partial charge in [0.2, 0.25) is 0 Å². The highest BCUT2D eigenvalue weighted by molar-refractivity contribution is 8.93. The summed E-state index contributed by atoms with van der Waals surface area (Å²) in [6, 6.07) is 15.6. The molecule has 0 saturated carbocycles. The first-order chi connectivity index (χ1) is 10.2. The number of nitrogens with one attached hydrogen (secondary N) is 1. The summed E-state index contributed by atoms with van der Waals surface area (Å²) in [5, 5.41) is 3.40. The van der Waals surface area contributed by atoms with E-state index in [0.29, 0.717) is 0 Å². The second-order valence-corrected chi connectivity index (χ2v) is 6.72. The molecule has 1 N–H and O–H groups in total. The van der Waals surface area contributed by atoms with E-state index in [1.807, 2.05) is 11.8 Å². The fourth-order valence-electron chi connectivity index (χ4n) is 2.71. The summed E-state index contributed by atoms with van der Waals surface area (Å²) in [5.41, 5.74) is 4.02. The molecule has 0 amide bonds. The molecule has 0 unspecified atom stereocenters. The highest BCUT2D eigenvalue weighted by Gasteiger charge is 2.11. The summed E-state index contributed by atoms with van der Waals surface area (Å²) in [4.78, 5) is 5.12. The van der Waals surface area contributed by atoms with Crippen LogP contribution >= 0.6 is 28.7 Å². The minimum atomic E-state index is 0. The Labute approximate surface area is 148 Å². The molecule has 0 radical (unpaired) electrons. The molecule has 2 aromatic rings. The summed E-state index contributed by atoms with van der Waals surface area (Å²) in [6.45, 7) is 8.68. The van der Waals surface area contributed by atoms with Crippen molar-refractivity contribution in [2.45, 2.75) is 23.6 Å². The molecule has 0 atom stereocenters. The van der Waals surface area contributed by atoms with Crippen molar-refractivity contribution in [2.75, 3.05) is 31.1 Å². The van der Waals surface area contributed by atoms with Crippen molar-refractivity contribution in [3.8, 4) is 0 Å². The van der Waals surface area contributed by atoms with Gasteiger partial charge in [-0.3, -0.25) is 0 Å². The van der Waals surface area contributed by atoms with E-state index in [4.69, 9.17) is 0 Å². The lowest BCUT2D eigenvalue weighted by Crippen LogP contribution is -2.43. The Bertz CT molecular complexity index is 624. The predicted octanol–water partition coefficient (Wildman–Crippen LogP) is 4.44. The molecule has 4 heteroatoms. The lowest BCUT2D eigenvalue weighted by atomic mass is 10.2. The van der Waals surface area contributed by atoms with Crippen molar-refractivity contribution in [1.29, 1.82) is 0 Å². The molecule has 118 valence electrons. The number of aryl methyl sites for hydroxylation is 2. The normalized spacial score (nSPS) is 14.5. The maximum Gasteiger partial charge on any atom is 0.0378 e. The van der Waals surface area contributed by atoms with Crippen LogP contribution in [0.2, 0.25) is 0 Å². The second-order valence-electron chi connectivity index (χ2n) is 5.61. The minimum Gasteiger partial charge on any atom is -0.369 e. The first-order valence-electron chi connectivity index (χ1n) is 7.53. The summed E-state index contributed by atoms with van der Waals surface area (Å²) >= 11 is 1.86. The van der Waals surface area contributed by atoms with Crippen molar-refractivity contribution in [2.24, 2.45) is 0 Å². The van der Waals surface area contributed by atoms with Gasteiger partial charge in [0.25, 0.3) is 0 Å². The van der Waals surface area contributed by atoms with Crippen LogP contribution in [0, 0.1) is 13.8 Å². The van der Waals surface area contributed by atoms with E-state index in [1.54, 1.807) is 0 Å². The molecule has 3 rings (SSSR count). The van der Waals surface area contributed by atoms with Crippen molar-refractivity contribution in [3.63, 3.8) is 0 Å². The molecule has 22 heavy (non-hydrogen) atoms. The van der Waals surface area contributed by atoms with Gasteiger partial charge in [-0.15, -0.1) is 17.0 Å². The minimum absolute atomic E-state index is 0. The van der Waals surface area contributed by atoms with Crippen LogP contribution in [0.1, 0.15) is 11.1 Å². The SMILES string of the molecule is Br.Cc1ccc(Sc2cccc(N3CCNCC3)c2)c(C)c1. The van der Waals surface area contributed by atoms with Gasteiger partial charge in [-0.1, -0.05) is 35.5 Å². The van der Waals surface area contributed by atoms with Crippen molar-refractivity contribution >= 4 is 34.4 Å². The van der Waals surface area contributed by atoms with E-state index in [-0.39, 0.29) is 17.0 Å². The van der Waals surface area contributed by atoms with Crippen LogP contribution in [0.4, 0.5) is 5.69 Å². The van der Waals surface area contributed by atoms with Crippen molar-refractivity contribution in [1.82, 2.24) is 5.32 Å². The van der Waals surface area contributed by atoms with Gasteiger partial charge in [0.05, 0.1) is 0 Å². The third-order valence-electron chi connectivity index (χ3n) is 3.86. The van der Waals surface area contributed by atoms with E-state index >= 15 is 0 Å². The van der Waals surface area contributed by atoms with Gasteiger partial charge in [0.15, 0.2) is 0 Å². The number of hydrogen-bond donors (Lipinski definition) is 1. The smallest absolute Gasteiger partial charge is 0.0378 e. The number of rotatable bonds is 3. The molecule has 0 aromatic heterocycles. The highest BCUT2D eigenvalue weighted by atomic mass is 79.9. The fourth-order valence-corrected chi connectivity index (χ4v) is 3.64. The van der Waals surface area contributed by atoms with Crippen molar-refractivity contribution in [3.05, 3.63) is 53.6 Å². The molecule has 0 bridgehead atoms. The van der Waals surface area contributed by atoms with Crippen LogP contribution < -0.4 is 10.2 Å². The maximum atomic E-state index is 3.40. The average molecular weight is 379 g/mol. The van der Waals surface area contributed by atoms with Crippen LogP contribution in [0.25, 0.3) is 0 Å². The van der Waals surface area contributed by atoms with E-state index in [2.05, 4.69) is 66.5 Å². The van der Waals surface area contributed by atoms with Gasteiger partial charge >= 0.3 is 0 Å². The largest absolute Gasteiger partial charge is 0.369 e. The molecule has 1 aliphatic heterocycles. The molecule has 1 heterocycles. The molecule has 1 aliphatic rings. The molecule has 2 aromatic carbocycles. The highest BCUT2D eigenvalue weighted by Crippen LogP contribution is 2.32. The molecular formula is C18H23BrN2S. The van der Waals surface area contributed by atoms with Gasteiger partial charge < -0.3 is 10.2 Å². The average Bonchev–Trinajstić information content (AvgIpc) is 2.51. The molecule has 0 spiro atoms. The zero-order valence-electron chi connectivity index (χ0n) is 13.1. The van der Waals surface area contributed by atoms with Gasteiger partial charge in [-0.2, -0.15) is 0 Å². The number of nitrogens with zero attached hydrogens (tertiary/aromatic N) is 1. The quantitative estimate of drug-likeness (QED) is 0.849. The Kier molecular flexibility index (Phi) is 6.36. The third kappa shape index (κ3) is 4.28. The second kappa shape index (κ2) is 8.04. The van der Waals surface area contributed by atoms with Crippen LogP contribution in [-0.2, 0) is 0 Å².